The van der Waals surface area contributed by atoms with Crippen LogP contribution < -0.4 is 65.9 Å². The molecule has 1 aromatic rings. The Morgan fingerprint density at radius 3 is 1.81 bits per heavy atom. The Bertz CT molecular complexity index is 2140. The van der Waals surface area contributed by atoms with E-state index in [0.29, 0.717) is 12.2 Å². The number of aliphatic hydroxyl groups excluding tert-OH is 2. The minimum absolute atomic E-state index is 0.00629. The highest BCUT2D eigenvalue weighted by molar-refractivity contribution is 7.98. The molecule has 1 saturated heterocycles. The summed E-state index contributed by atoms with van der Waals surface area (Å²) >= 11 is 1.38. The van der Waals surface area contributed by atoms with Crippen LogP contribution in [0.25, 0.3) is 0 Å². The molecular formula is C42H71N17O14S. The number of hydrogen-bond acceptors (Lipinski definition) is 17. The Kier molecular flexibility index (Phi) is 27.1. The lowest BCUT2D eigenvalue weighted by molar-refractivity contribution is -0.146. The number of aliphatic hydroxyl groups is 2. The quantitative estimate of drug-likeness (QED) is 0.0177. The van der Waals surface area contributed by atoms with E-state index in [-0.39, 0.29) is 82.2 Å². The van der Waals surface area contributed by atoms with E-state index in [1.54, 1.807) is 6.26 Å². The number of likely N-dealkylation sites (tertiary alicyclic amines) is 1. The van der Waals surface area contributed by atoms with Crippen molar-refractivity contribution in [3.8, 4) is 0 Å². The Morgan fingerprint density at radius 2 is 1.30 bits per heavy atom. The highest BCUT2D eigenvalue weighted by Gasteiger charge is 2.41. The second-order valence-electron chi connectivity index (χ2n) is 17.1. The van der Waals surface area contributed by atoms with Crippen LogP contribution in [0.3, 0.4) is 0 Å². The third-order valence-electron chi connectivity index (χ3n) is 11.2. The summed E-state index contributed by atoms with van der Waals surface area (Å²) in [5, 5.41) is 56.3. The van der Waals surface area contributed by atoms with Gasteiger partial charge in [0.15, 0.2) is 11.9 Å². The van der Waals surface area contributed by atoms with Crippen molar-refractivity contribution in [3.05, 3.63) is 18.2 Å². The molecule has 74 heavy (non-hydrogen) atoms. The van der Waals surface area contributed by atoms with Gasteiger partial charge in [-0.1, -0.05) is 0 Å². The molecule has 1 aromatic heterocycles. The molecule has 0 aliphatic carbocycles. The van der Waals surface area contributed by atoms with Gasteiger partial charge in [-0.3, -0.25) is 53.1 Å². The number of aliphatic carboxylic acids is 2. The van der Waals surface area contributed by atoms with Crippen LogP contribution in [-0.4, -0.2) is 205 Å². The number of imidazole rings is 1. The highest BCUT2D eigenvalue weighted by Crippen LogP contribution is 2.20. The number of nitrogens with one attached hydrogen (secondary N) is 8. The standard InChI is InChI=1S/C42H71N17O14S/c1-20(32(64)53-25(8-5-12-50-42(46)47)35(67)58-31(21(2)61)39(71)59-13-6-9-29(59)38(70)55-26(40(72)73)10-14-74-3)52-36(68)27(15-22-17-48-19-51-22)56-37(69)28(16-30(62)63)57-34(66)24(7-4-11-49-41(44)45)54-33(65)23(43)18-60/h17,19-21,23-29,31,60-61H,4-16,18,43H2,1-3H3,(H,48,51)(H,52,68)(H,53,64)(H,54,65)(H,55,70)(H,56,69)(H,57,66)(H,58,67)(H,62,63)(H,72,73)(H4,44,45,49)(H4,46,47,50)/t20-,21+,23-,24-,25-,26-,27-,28-,29-,31-/m0/s1. The first-order valence-electron chi connectivity index (χ1n) is 23.4. The second kappa shape index (κ2) is 32.0. The number of carbonyl (C=O) groups excluding carboxylic acids is 8. The summed E-state index contributed by atoms with van der Waals surface area (Å²) < 4.78 is 0. The number of aromatic amines is 1. The van der Waals surface area contributed by atoms with Gasteiger partial charge in [0.2, 0.25) is 47.3 Å². The fraction of sp³-hybridized carbons (Fsp3) is 0.643. The SMILES string of the molecule is CSCC[C@H](NC(=O)[C@@H]1CCCN1C(=O)[C@@H](NC(=O)[C@H](CCCN=C(N)N)NC(=O)[C@H](C)NC(=O)[C@H](Cc1cnc[nH]1)NC(=O)[C@H](CC(=O)O)NC(=O)[C@H](CCCN=C(N)N)NC(=O)[C@@H](N)CO)[C@@H](C)O)C(=O)O. The number of carbonyl (C=O) groups is 10. The van der Waals surface area contributed by atoms with E-state index >= 15 is 0 Å². The zero-order chi connectivity index (χ0) is 55.7. The molecule has 1 aliphatic heterocycles. The number of aliphatic imine (C=N–C) groups is 2. The summed E-state index contributed by atoms with van der Waals surface area (Å²) in [6.07, 6.45) is 1.94. The zero-order valence-corrected chi connectivity index (χ0v) is 42.1. The van der Waals surface area contributed by atoms with Gasteiger partial charge in [0.1, 0.15) is 54.4 Å². The Balaban J connectivity index is 2.35. The van der Waals surface area contributed by atoms with Crippen LogP contribution in [0.5, 0.6) is 0 Å². The summed E-state index contributed by atoms with van der Waals surface area (Å²) in [6.45, 7) is 1.68. The van der Waals surface area contributed by atoms with Crippen LogP contribution in [0.1, 0.15) is 70.9 Å². The van der Waals surface area contributed by atoms with Gasteiger partial charge >= 0.3 is 11.9 Å². The van der Waals surface area contributed by atoms with E-state index in [1.807, 2.05) is 0 Å². The lowest BCUT2D eigenvalue weighted by Crippen LogP contribution is -2.61. The number of aromatic nitrogens is 2. The number of hydrogen-bond donors (Lipinski definition) is 17. The van der Waals surface area contributed by atoms with Crippen molar-refractivity contribution in [1.29, 1.82) is 0 Å². The largest absolute Gasteiger partial charge is 0.481 e. The van der Waals surface area contributed by atoms with Gasteiger partial charge in [-0.2, -0.15) is 11.8 Å². The molecule has 1 fully saturated rings. The fourth-order valence-corrected chi connectivity index (χ4v) is 7.69. The summed E-state index contributed by atoms with van der Waals surface area (Å²) in [6, 6.07) is -13.3. The highest BCUT2D eigenvalue weighted by atomic mass is 32.2. The van der Waals surface area contributed by atoms with Gasteiger partial charge in [-0.05, 0) is 70.8 Å². The van der Waals surface area contributed by atoms with Crippen molar-refractivity contribution in [2.75, 3.05) is 38.2 Å². The maximum absolute atomic E-state index is 14.0. The number of carboxylic acid groups (broad SMARTS) is 2. The molecule has 2 heterocycles. The summed E-state index contributed by atoms with van der Waals surface area (Å²) in [7, 11) is 0. The van der Waals surface area contributed by atoms with Gasteiger partial charge in [-0.15, -0.1) is 0 Å². The zero-order valence-electron chi connectivity index (χ0n) is 41.3. The number of nitrogens with two attached hydrogens (primary N) is 5. The third kappa shape index (κ3) is 21.8. The molecule has 31 nitrogen and oxygen atoms in total. The third-order valence-corrected chi connectivity index (χ3v) is 11.8. The van der Waals surface area contributed by atoms with Crippen molar-refractivity contribution < 1.29 is 68.4 Å². The molecule has 10 atom stereocenters. The van der Waals surface area contributed by atoms with Gasteiger partial charge in [0.25, 0.3) is 0 Å². The van der Waals surface area contributed by atoms with Crippen molar-refractivity contribution in [1.82, 2.24) is 52.1 Å². The second-order valence-corrected chi connectivity index (χ2v) is 18.1. The molecule has 0 radical (unpaired) electrons. The summed E-state index contributed by atoms with van der Waals surface area (Å²) in [5.74, 6) is -10.7. The summed E-state index contributed by atoms with van der Waals surface area (Å²) in [5.41, 5.74) is 27.5. The van der Waals surface area contributed by atoms with Crippen molar-refractivity contribution >= 4 is 82.9 Å². The predicted octanol–water partition coefficient (Wildman–Crippen LogP) is -7.52. The summed E-state index contributed by atoms with van der Waals surface area (Å²) in [4.78, 5) is 148. The minimum atomic E-state index is -1.87. The first-order chi connectivity index (χ1) is 34.9. The molecule has 8 amide bonds. The number of H-pyrrole nitrogens is 1. The van der Waals surface area contributed by atoms with E-state index in [0.717, 1.165) is 4.90 Å². The lowest BCUT2D eigenvalue weighted by atomic mass is 10.1. The number of rotatable bonds is 33. The molecule has 0 bridgehead atoms. The van der Waals surface area contributed by atoms with E-state index < -0.39 is 133 Å². The maximum Gasteiger partial charge on any atom is 0.326 e. The molecule has 0 spiro atoms. The number of amides is 8. The molecular weight excluding hydrogens is 999 g/mol. The van der Waals surface area contributed by atoms with Gasteiger partial charge in [0, 0.05) is 37.9 Å². The van der Waals surface area contributed by atoms with Crippen molar-refractivity contribution in [3.63, 3.8) is 0 Å². The van der Waals surface area contributed by atoms with Crippen LogP contribution in [0, 0.1) is 0 Å². The molecule has 32 heteroatoms. The topological polar surface area (TPSA) is 523 Å². The van der Waals surface area contributed by atoms with Crippen LogP contribution in [0.4, 0.5) is 0 Å². The number of thioether (sulfide) groups is 1. The van der Waals surface area contributed by atoms with E-state index in [4.69, 9.17) is 28.7 Å². The average Bonchev–Trinajstić information content (AvgIpc) is 4.05. The smallest absolute Gasteiger partial charge is 0.326 e. The van der Waals surface area contributed by atoms with Crippen LogP contribution in [-0.2, 0) is 54.4 Å². The monoisotopic (exact) mass is 1070 g/mol. The van der Waals surface area contributed by atoms with Gasteiger partial charge < -0.3 is 96.2 Å². The lowest BCUT2D eigenvalue weighted by Gasteiger charge is -2.31. The van der Waals surface area contributed by atoms with Crippen LogP contribution in [0.2, 0.25) is 0 Å². The van der Waals surface area contributed by atoms with Crippen molar-refractivity contribution in [2.24, 2.45) is 38.7 Å². The molecule has 414 valence electrons. The molecule has 2 rings (SSSR count). The van der Waals surface area contributed by atoms with Crippen molar-refractivity contribution in [2.45, 2.75) is 132 Å². The predicted molar refractivity (Wildman–Crippen MR) is 266 cm³/mol. The first kappa shape index (κ1) is 62.8. The van der Waals surface area contributed by atoms with E-state index in [9.17, 15) is 68.4 Å². The Morgan fingerprint density at radius 1 is 0.757 bits per heavy atom. The van der Waals surface area contributed by atoms with Crippen LogP contribution >= 0.6 is 11.8 Å². The normalized spacial score (nSPS) is 16.7. The molecule has 0 saturated carbocycles. The van der Waals surface area contributed by atoms with Gasteiger partial charge in [0.05, 0.1) is 25.5 Å². The molecule has 1 aliphatic rings. The molecule has 22 N–H and O–H groups in total. The van der Waals surface area contributed by atoms with Gasteiger partial charge in [-0.25, -0.2) is 9.78 Å². The number of nitrogens with zero attached hydrogens (tertiary/aromatic N) is 4. The Hall–Kier alpha value is -7.32. The Labute approximate surface area is 429 Å². The van der Waals surface area contributed by atoms with E-state index in [2.05, 4.69) is 57.2 Å². The molecule has 0 aromatic carbocycles. The maximum atomic E-state index is 14.0. The average molecular weight is 1070 g/mol. The number of carboxylic acids is 2. The minimum Gasteiger partial charge on any atom is -0.481 e. The molecule has 0 unspecified atom stereocenters. The number of guanidine groups is 2. The van der Waals surface area contributed by atoms with Crippen LogP contribution in [0.15, 0.2) is 22.5 Å². The fourth-order valence-electron chi connectivity index (χ4n) is 7.22. The van der Waals surface area contributed by atoms with E-state index in [1.165, 1.54) is 38.1 Å². The first-order valence-corrected chi connectivity index (χ1v) is 24.8.